The van der Waals surface area contributed by atoms with Gasteiger partial charge in [-0.3, -0.25) is 0 Å². The number of carbonyl (C=O) groups is 1. The van der Waals surface area contributed by atoms with Gasteiger partial charge in [0.2, 0.25) is 0 Å². The number of imidazole rings is 1. The highest BCUT2D eigenvalue weighted by Crippen LogP contribution is 2.28. The maximum absolute atomic E-state index is 10.3. The first-order valence-corrected chi connectivity index (χ1v) is 11.7. The third-order valence-electron chi connectivity index (χ3n) is 5.31. The van der Waals surface area contributed by atoms with Gasteiger partial charge in [-0.15, -0.1) is 0 Å². The van der Waals surface area contributed by atoms with Crippen LogP contribution in [0.1, 0.15) is 21.5 Å². The summed E-state index contributed by atoms with van der Waals surface area (Å²) in [6.07, 6.45) is 0. The molecular weight excluding hydrogens is 495 g/mol. The van der Waals surface area contributed by atoms with Crippen molar-refractivity contribution in [2.45, 2.75) is 13.8 Å². The number of aromatic amines is 1. The van der Waals surface area contributed by atoms with E-state index in [2.05, 4.69) is 23.0 Å². The van der Waals surface area contributed by atoms with Crippen molar-refractivity contribution in [3.8, 4) is 11.4 Å². The predicted molar refractivity (Wildman–Crippen MR) is 150 cm³/mol. The zero-order chi connectivity index (χ0) is 26.2. The van der Waals surface area contributed by atoms with Crippen LogP contribution in [0.4, 0.5) is 11.4 Å². The zero-order valence-electron chi connectivity index (χ0n) is 19.8. The van der Waals surface area contributed by atoms with E-state index in [9.17, 15) is 4.79 Å². The molecule has 5 rings (SSSR count). The summed E-state index contributed by atoms with van der Waals surface area (Å²) >= 11 is 11.7. The lowest BCUT2D eigenvalue weighted by Gasteiger charge is -2.00. The lowest BCUT2D eigenvalue weighted by atomic mass is 10.2. The van der Waals surface area contributed by atoms with Gasteiger partial charge in [0.05, 0.1) is 38.0 Å². The van der Waals surface area contributed by atoms with Crippen molar-refractivity contribution in [2.75, 3.05) is 11.5 Å². The van der Waals surface area contributed by atoms with Crippen LogP contribution < -0.4 is 11.5 Å². The number of carboxylic acids is 1. The highest BCUT2D eigenvalue weighted by atomic mass is 35.5. The van der Waals surface area contributed by atoms with Gasteiger partial charge in [-0.2, -0.15) is 0 Å². The molecule has 184 valence electrons. The number of anilines is 2. The SMILES string of the molecule is Cc1cccc(N)c1N.Cc1cccc2[nH]c(-c3ccccc3Cl)nc12.O=C(O)c1ccccc1Cl. The minimum absolute atomic E-state index is 0.143. The van der Waals surface area contributed by atoms with E-state index in [0.717, 1.165) is 33.5 Å². The van der Waals surface area contributed by atoms with Crippen molar-refractivity contribution in [3.05, 3.63) is 112 Å². The normalized spacial score (nSPS) is 10.1. The first kappa shape index (κ1) is 26.6. The van der Waals surface area contributed by atoms with Gasteiger partial charge in [-0.25, -0.2) is 9.78 Å². The molecule has 5 aromatic rings. The average Bonchev–Trinajstić information content (AvgIpc) is 3.29. The number of aromatic nitrogens is 2. The van der Waals surface area contributed by atoms with Gasteiger partial charge >= 0.3 is 5.97 Å². The molecule has 8 heteroatoms. The van der Waals surface area contributed by atoms with Crippen molar-refractivity contribution in [1.82, 2.24) is 9.97 Å². The Kier molecular flexibility index (Phi) is 8.95. The number of carboxylic acid groups (broad SMARTS) is 1. The number of nitrogens with two attached hydrogens (primary N) is 2. The predicted octanol–water partition coefficient (Wildman–Crippen LogP) is 7.39. The number of benzene rings is 4. The molecule has 1 heterocycles. The van der Waals surface area contributed by atoms with E-state index in [1.165, 1.54) is 6.07 Å². The number of fused-ring (bicyclic) bond motifs is 1. The Labute approximate surface area is 219 Å². The smallest absolute Gasteiger partial charge is 0.337 e. The van der Waals surface area contributed by atoms with E-state index in [-0.39, 0.29) is 10.6 Å². The second-order valence-electron chi connectivity index (χ2n) is 7.90. The number of nitrogens with zero attached hydrogens (tertiary/aromatic N) is 1. The van der Waals surface area contributed by atoms with Crippen molar-refractivity contribution in [2.24, 2.45) is 0 Å². The molecule has 0 spiro atoms. The number of rotatable bonds is 2. The minimum Gasteiger partial charge on any atom is -0.478 e. The fraction of sp³-hybridized carbons (Fsp3) is 0.0714. The minimum atomic E-state index is -0.995. The molecule has 0 aliphatic carbocycles. The second-order valence-corrected chi connectivity index (χ2v) is 8.71. The van der Waals surface area contributed by atoms with Crippen LogP contribution in [0.25, 0.3) is 22.4 Å². The Morgan fingerprint density at radius 1 is 0.806 bits per heavy atom. The van der Waals surface area contributed by atoms with Gasteiger partial charge in [-0.1, -0.05) is 71.7 Å². The van der Waals surface area contributed by atoms with E-state index in [0.29, 0.717) is 16.4 Å². The average molecular weight is 521 g/mol. The van der Waals surface area contributed by atoms with E-state index in [1.807, 2.05) is 55.5 Å². The molecule has 0 aliphatic rings. The summed E-state index contributed by atoms with van der Waals surface area (Å²) in [5, 5.41) is 9.47. The van der Waals surface area contributed by atoms with E-state index in [4.69, 9.17) is 39.8 Å². The quantitative estimate of drug-likeness (QED) is 0.181. The Morgan fingerprint density at radius 3 is 1.97 bits per heavy atom. The van der Waals surface area contributed by atoms with Gasteiger partial charge in [-0.05, 0) is 61.4 Å². The number of para-hydroxylation sites is 2. The largest absolute Gasteiger partial charge is 0.478 e. The molecule has 6 nitrogen and oxygen atoms in total. The van der Waals surface area contributed by atoms with Crippen LogP contribution >= 0.6 is 23.2 Å². The first-order chi connectivity index (χ1) is 17.2. The van der Waals surface area contributed by atoms with Crippen molar-refractivity contribution in [3.63, 3.8) is 0 Å². The van der Waals surface area contributed by atoms with Crippen LogP contribution in [-0.4, -0.2) is 21.0 Å². The van der Waals surface area contributed by atoms with Crippen LogP contribution in [-0.2, 0) is 0 Å². The highest BCUT2D eigenvalue weighted by molar-refractivity contribution is 6.33. The zero-order valence-corrected chi connectivity index (χ0v) is 21.3. The molecular formula is C28H26Cl2N4O2. The van der Waals surface area contributed by atoms with Crippen LogP contribution in [0.2, 0.25) is 10.0 Å². The summed E-state index contributed by atoms with van der Waals surface area (Å²) in [6, 6.07) is 25.8. The highest BCUT2D eigenvalue weighted by Gasteiger charge is 2.09. The molecule has 0 fully saturated rings. The summed E-state index contributed by atoms with van der Waals surface area (Å²) in [6.45, 7) is 3.99. The molecule has 0 saturated carbocycles. The first-order valence-electron chi connectivity index (χ1n) is 11.0. The second kappa shape index (κ2) is 12.1. The molecule has 0 atom stereocenters. The fourth-order valence-corrected chi connectivity index (χ4v) is 3.74. The number of H-pyrrole nitrogens is 1. The van der Waals surface area contributed by atoms with Crippen LogP contribution in [0, 0.1) is 13.8 Å². The standard InChI is InChI=1S/C14H11ClN2.C7H5ClO2.C7H10N2/c1-9-5-4-8-12-13(9)17-14(16-12)10-6-2-3-7-11(10)15;8-6-4-2-1-3-5(6)7(9)10;1-5-3-2-4-6(8)7(5)9/h2-8H,1H3,(H,16,17);1-4H,(H,9,10);2-4H,8-9H2,1H3. The third-order valence-corrected chi connectivity index (χ3v) is 5.96. The number of hydrogen-bond acceptors (Lipinski definition) is 4. The number of nitrogen functional groups attached to an aromatic ring is 2. The Bertz CT molecular complexity index is 1480. The lowest BCUT2D eigenvalue weighted by Crippen LogP contribution is -1.95. The maximum atomic E-state index is 10.3. The van der Waals surface area contributed by atoms with Crippen LogP contribution in [0.5, 0.6) is 0 Å². The molecule has 0 amide bonds. The van der Waals surface area contributed by atoms with Crippen molar-refractivity contribution in [1.29, 1.82) is 0 Å². The summed E-state index contributed by atoms with van der Waals surface area (Å²) in [5.74, 6) is -0.175. The topological polar surface area (TPSA) is 118 Å². The number of nitrogens with one attached hydrogen (secondary N) is 1. The fourth-order valence-electron chi connectivity index (χ4n) is 3.29. The Morgan fingerprint density at radius 2 is 1.42 bits per heavy atom. The molecule has 6 N–H and O–H groups in total. The molecule has 4 aromatic carbocycles. The molecule has 0 radical (unpaired) electrons. The monoisotopic (exact) mass is 520 g/mol. The molecule has 1 aromatic heterocycles. The summed E-state index contributed by atoms with van der Waals surface area (Å²) in [7, 11) is 0. The van der Waals surface area contributed by atoms with Gasteiger partial charge < -0.3 is 21.6 Å². The van der Waals surface area contributed by atoms with E-state index in [1.54, 1.807) is 24.3 Å². The summed E-state index contributed by atoms with van der Waals surface area (Å²) in [4.78, 5) is 18.2. The summed E-state index contributed by atoms with van der Waals surface area (Å²) in [5.41, 5.74) is 17.7. The molecule has 0 unspecified atom stereocenters. The molecule has 0 bridgehead atoms. The van der Waals surface area contributed by atoms with E-state index < -0.39 is 5.97 Å². The van der Waals surface area contributed by atoms with Gasteiger partial charge in [0.1, 0.15) is 5.82 Å². The number of halogens is 2. The van der Waals surface area contributed by atoms with Crippen LogP contribution in [0.15, 0.2) is 84.9 Å². The maximum Gasteiger partial charge on any atom is 0.337 e. The third kappa shape index (κ3) is 6.56. The Hall–Kier alpha value is -4.00. The lowest BCUT2D eigenvalue weighted by molar-refractivity contribution is 0.0697. The summed E-state index contributed by atoms with van der Waals surface area (Å²) < 4.78 is 0. The molecule has 0 saturated heterocycles. The van der Waals surface area contributed by atoms with Crippen molar-refractivity contribution >= 4 is 51.6 Å². The Balaban J connectivity index is 0.000000163. The molecule has 0 aliphatic heterocycles. The molecule has 36 heavy (non-hydrogen) atoms. The van der Waals surface area contributed by atoms with Gasteiger partial charge in [0, 0.05) is 5.56 Å². The van der Waals surface area contributed by atoms with Gasteiger partial charge in [0.25, 0.3) is 0 Å². The number of aromatic carboxylic acids is 1. The van der Waals surface area contributed by atoms with Crippen molar-refractivity contribution < 1.29 is 9.90 Å². The van der Waals surface area contributed by atoms with E-state index >= 15 is 0 Å². The number of aryl methyl sites for hydroxylation is 2. The van der Waals surface area contributed by atoms with Gasteiger partial charge in [0.15, 0.2) is 0 Å². The number of hydrogen-bond donors (Lipinski definition) is 4. The van der Waals surface area contributed by atoms with Crippen LogP contribution in [0.3, 0.4) is 0 Å².